The van der Waals surface area contributed by atoms with Gasteiger partial charge in [-0.25, -0.2) is 4.39 Å². The highest BCUT2D eigenvalue weighted by Crippen LogP contribution is 2.59. The minimum Gasteiger partial charge on any atom is -0.490 e. The second kappa shape index (κ2) is 9.43. The van der Waals surface area contributed by atoms with Gasteiger partial charge >= 0.3 is 0 Å². The average molecular weight is 453 g/mol. The van der Waals surface area contributed by atoms with E-state index in [2.05, 4.69) is 10.6 Å². The average Bonchev–Trinajstić information content (AvgIpc) is 2.78. The molecule has 0 spiro atoms. The summed E-state index contributed by atoms with van der Waals surface area (Å²) in [5.74, 6) is 2.48. The van der Waals surface area contributed by atoms with Crippen LogP contribution in [0.3, 0.4) is 0 Å². The lowest BCUT2D eigenvalue weighted by Crippen LogP contribution is -2.51. The second-order valence-electron chi connectivity index (χ2n) is 10.5. The second-order valence-corrected chi connectivity index (χ2v) is 10.5. The first kappa shape index (κ1) is 22.4. The molecule has 1 unspecified atom stereocenters. The molecule has 0 saturated heterocycles. The fraction of sp³-hybridized carbons (Fsp3) is 0.519. The Morgan fingerprint density at radius 3 is 2.33 bits per heavy atom. The predicted molar refractivity (Wildman–Crippen MR) is 126 cm³/mol. The van der Waals surface area contributed by atoms with E-state index in [1.807, 2.05) is 0 Å². The van der Waals surface area contributed by atoms with E-state index in [4.69, 9.17) is 4.74 Å². The maximum Gasteiger partial charge on any atom is 0.259 e. The Morgan fingerprint density at radius 2 is 1.67 bits per heavy atom. The molecule has 176 valence electrons. The van der Waals surface area contributed by atoms with Crippen molar-refractivity contribution in [2.24, 2.45) is 23.2 Å². The fourth-order valence-electron chi connectivity index (χ4n) is 6.77. The molecule has 4 aliphatic rings. The topological polar surface area (TPSA) is 70.6 Å². The molecule has 1 amide bonds. The van der Waals surface area contributed by atoms with E-state index < -0.39 is 6.10 Å². The van der Waals surface area contributed by atoms with E-state index in [-0.39, 0.29) is 18.3 Å². The Hall–Kier alpha value is -2.44. The Morgan fingerprint density at radius 1 is 1.03 bits per heavy atom. The fourth-order valence-corrected chi connectivity index (χ4v) is 6.77. The third kappa shape index (κ3) is 5.22. The van der Waals surface area contributed by atoms with Crippen LogP contribution in [0, 0.1) is 29.0 Å². The van der Waals surface area contributed by atoms with E-state index >= 15 is 0 Å². The van der Waals surface area contributed by atoms with Gasteiger partial charge < -0.3 is 20.5 Å². The number of para-hydroxylation sites is 1. The number of halogens is 1. The van der Waals surface area contributed by atoms with Crippen LogP contribution in [0.5, 0.6) is 5.75 Å². The van der Waals surface area contributed by atoms with Crippen molar-refractivity contribution in [1.29, 1.82) is 0 Å². The minimum atomic E-state index is -0.660. The van der Waals surface area contributed by atoms with Crippen molar-refractivity contribution in [3.8, 4) is 5.75 Å². The van der Waals surface area contributed by atoms with E-state index in [1.165, 1.54) is 62.8 Å². The lowest BCUT2D eigenvalue weighted by molar-refractivity contribution is -0.0524. The summed E-state index contributed by atoms with van der Waals surface area (Å²) >= 11 is 0. The number of amides is 1. The predicted octanol–water partition coefficient (Wildman–Crippen LogP) is 4.62. The summed E-state index contributed by atoms with van der Waals surface area (Å²) < 4.78 is 18.9. The molecule has 33 heavy (non-hydrogen) atoms. The number of aliphatic hydroxyl groups is 1. The van der Waals surface area contributed by atoms with E-state index in [0.29, 0.717) is 29.0 Å². The molecular weight excluding hydrogens is 419 g/mol. The molecule has 0 heterocycles. The van der Waals surface area contributed by atoms with Crippen molar-refractivity contribution >= 4 is 11.6 Å². The number of carbonyl (C=O) groups is 1. The van der Waals surface area contributed by atoms with Gasteiger partial charge in [0.2, 0.25) is 0 Å². The van der Waals surface area contributed by atoms with E-state index in [0.717, 1.165) is 24.3 Å². The zero-order valence-electron chi connectivity index (χ0n) is 18.9. The SMILES string of the molecule is O=C(Nc1ccc(F)cc1)c1ccccc1OCC(O)CNCC12CC3CC(CC(C3)C1)C2. The number of ether oxygens (including phenoxy) is 1. The van der Waals surface area contributed by atoms with Crippen LogP contribution in [-0.2, 0) is 0 Å². The van der Waals surface area contributed by atoms with Gasteiger partial charge in [0, 0.05) is 18.8 Å². The molecule has 6 heteroatoms. The zero-order valence-corrected chi connectivity index (χ0v) is 18.9. The number of aliphatic hydroxyl groups excluding tert-OH is 1. The van der Waals surface area contributed by atoms with Gasteiger partial charge in [-0.3, -0.25) is 4.79 Å². The molecule has 0 aromatic heterocycles. The van der Waals surface area contributed by atoms with Crippen LogP contribution in [0.4, 0.5) is 10.1 Å². The summed E-state index contributed by atoms with van der Waals surface area (Å²) in [4.78, 5) is 12.7. The molecule has 4 fully saturated rings. The summed E-state index contributed by atoms with van der Waals surface area (Å²) in [6, 6.07) is 12.6. The van der Waals surface area contributed by atoms with E-state index in [1.54, 1.807) is 24.3 Å². The van der Waals surface area contributed by atoms with Crippen molar-refractivity contribution < 1.29 is 19.0 Å². The Balaban J connectivity index is 1.11. The molecule has 4 bridgehead atoms. The lowest BCUT2D eigenvalue weighted by Gasteiger charge is -2.57. The molecule has 2 aromatic rings. The molecule has 4 saturated carbocycles. The Bertz CT molecular complexity index is 942. The molecule has 4 aliphatic carbocycles. The van der Waals surface area contributed by atoms with Crippen LogP contribution in [0.15, 0.2) is 48.5 Å². The van der Waals surface area contributed by atoms with Crippen LogP contribution in [0.2, 0.25) is 0 Å². The largest absolute Gasteiger partial charge is 0.490 e. The molecule has 6 rings (SSSR count). The minimum absolute atomic E-state index is 0.106. The third-order valence-electron chi connectivity index (χ3n) is 7.71. The maximum absolute atomic E-state index is 13.1. The first-order chi connectivity index (χ1) is 16.0. The number of nitrogens with one attached hydrogen (secondary N) is 2. The molecule has 5 nitrogen and oxygen atoms in total. The summed E-state index contributed by atoms with van der Waals surface area (Å²) in [7, 11) is 0. The Kier molecular flexibility index (Phi) is 6.39. The summed E-state index contributed by atoms with van der Waals surface area (Å²) in [5, 5.41) is 16.8. The number of rotatable bonds is 9. The summed E-state index contributed by atoms with van der Waals surface area (Å²) in [6.45, 7) is 1.56. The molecule has 1 atom stereocenters. The van der Waals surface area contributed by atoms with Gasteiger partial charge in [-0.15, -0.1) is 0 Å². The maximum atomic E-state index is 13.1. The highest BCUT2D eigenvalue weighted by atomic mass is 19.1. The number of hydrogen-bond acceptors (Lipinski definition) is 4. The van der Waals surface area contributed by atoms with Crippen LogP contribution in [0.25, 0.3) is 0 Å². The standard InChI is InChI=1S/C27H33FN2O3/c28-21-5-7-22(8-6-21)30-26(32)24-3-1-2-4-25(24)33-16-23(31)15-29-17-27-12-18-9-19(13-27)11-20(10-18)14-27/h1-8,18-20,23,29,31H,9-17H2,(H,30,32). The van der Waals surface area contributed by atoms with Crippen LogP contribution >= 0.6 is 0 Å². The molecule has 0 aliphatic heterocycles. The van der Waals surface area contributed by atoms with Crippen molar-refractivity contribution in [2.75, 3.05) is 25.0 Å². The molecular formula is C27H33FN2O3. The first-order valence-corrected chi connectivity index (χ1v) is 12.2. The van der Waals surface area contributed by atoms with Gasteiger partial charge in [0.25, 0.3) is 5.91 Å². The quantitative estimate of drug-likeness (QED) is 0.519. The van der Waals surface area contributed by atoms with Gasteiger partial charge in [-0.05, 0) is 98.1 Å². The summed E-state index contributed by atoms with van der Waals surface area (Å²) in [6.07, 6.45) is 7.67. The van der Waals surface area contributed by atoms with Crippen LogP contribution in [-0.4, -0.2) is 36.8 Å². The first-order valence-electron chi connectivity index (χ1n) is 12.2. The Labute approximate surface area is 194 Å². The van der Waals surface area contributed by atoms with Gasteiger partial charge in [-0.2, -0.15) is 0 Å². The monoisotopic (exact) mass is 452 g/mol. The van der Waals surface area contributed by atoms with E-state index in [9.17, 15) is 14.3 Å². The van der Waals surface area contributed by atoms with Gasteiger partial charge in [0.05, 0.1) is 5.56 Å². The highest BCUT2D eigenvalue weighted by molar-refractivity contribution is 6.06. The third-order valence-corrected chi connectivity index (χ3v) is 7.71. The van der Waals surface area contributed by atoms with Crippen LogP contribution < -0.4 is 15.4 Å². The highest BCUT2D eigenvalue weighted by Gasteiger charge is 2.50. The molecule has 0 radical (unpaired) electrons. The normalized spacial score (nSPS) is 28.5. The van der Waals surface area contributed by atoms with Gasteiger partial charge in [0.1, 0.15) is 24.3 Å². The number of hydrogen-bond donors (Lipinski definition) is 3. The van der Waals surface area contributed by atoms with Crippen molar-refractivity contribution in [3.05, 3.63) is 59.9 Å². The number of carbonyl (C=O) groups excluding carboxylic acids is 1. The van der Waals surface area contributed by atoms with Crippen molar-refractivity contribution in [2.45, 2.75) is 44.6 Å². The lowest BCUT2D eigenvalue weighted by atomic mass is 9.49. The van der Waals surface area contributed by atoms with Crippen molar-refractivity contribution in [1.82, 2.24) is 5.32 Å². The number of benzene rings is 2. The summed E-state index contributed by atoms with van der Waals surface area (Å²) in [5.41, 5.74) is 1.31. The zero-order chi connectivity index (χ0) is 22.8. The molecule has 2 aromatic carbocycles. The van der Waals surface area contributed by atoms with Crippen molar-refractivity contribution in [3.63, 3.8) is 0 Å². The van der Waals surface area contributed by atoms with Gasteiger partial charge in [0.15, 0.2) is 0 Å². The molecule has 3 N–H and O–H groups in total. The number of anilines is 1. The van der Waals surface area contributed by atoms with Crippen LogP contribution in [0.1, 0.15) is 48.9 Å². The van der Waals surface area contributed by atoms with Gasteiger partial charge in [-0.1, -0.05) is 12.1 Å². The smallest absolute Gasteiger partial charge is 0.259 e.